The van der Waals surface area contributed by atoms with Crippen molar-refractivity contribution >= 4 is 0 Å². The number of hydrogen-bond donors (Lipinski definition) is 1. The van der Waals surface area contributed by atoms with Crippen molar-refractivity contribution in [2.45, 2.75) is 45.1 Å². The second kappa shape index (κ2) is 5.41. The van der Waals surface area contributed by atoms with Crippen LogP contribution < -0.4 is 14.8 Å². The Hall–Kier alpha value is -1.22. The molecule has 1 atom stereocenters. The van der Waals surface area contributed by atoms with Gasteiger partial charge in [0.15, 0.2) is 0 Å². The lowest BCUT2D eigenvalue weighted by atomic mass is 9.84. The van der Waals surface area contributed by atoms with E-state index in [2.05, 4.69) is 38.2 Å². The lowest BCUT2D eigenvalue weighted by Crippen LogP contribution is -2.17. The van der Waals surface area contributed by atoms with Gasteiger partial charge in [0.1, 0.15) is 11.5 Å². The van der Waals surface area contributed by atoms with Crippen LogP contribution in [0.1, 0.15) is 50.8 Å². The summed E-state index contributed by atoms with van der Waals surface area (Å²) in [6.07, 6.45) is 2.38. The summed E-state index contributed by atoms with van der Waals surface area (Å²) >= 11 is 0. The van der Waals surface area contributed by atoms with Gasteiger partial charge in [-0.25, -0.2) is 0 Å². The number of ether oxygens (including phenoxy) is 2. The summed E-state index contributed by atoms with van der Waals surface area (Å²) in [7, 11) is 3.48. The smallest absolute Gasteiger partial charge is 0.124 e. The van der Waals surface area contributed by atoms with Crippen LogP contribution in [0.5, 0.6) is 11.5 Å². The van der Waals surface area contributed by atoms with Crippen molar-refractivity contribution in [3.63, 3.8) is 0 Å². The third-order valence-corrected chi connectivity index (χ3v) is 3.80. The van der Waals surface area contributed by atoms with Gasteiger partial charge in [-0.15, -0.1) is 0 Å². The first-order chi connectivity index (χ1) is 8.97. The monoisotopic (exact) mass is 263 g/mol. The minimum absolute atomic E-state index is 0.0419. The molecule has 2 rings (SSSR count). The van der Waals surface area contributed by atoms with Crippen LogP contribution in [0.25, 0.3) is 0 Å². The summed E-state index contributed by atoms with van der Waals surface area (Å²) in [5.41, 5.74) is 2.44. The van der Waals surface area contributed by atoms with Crippen LogP contribution in [0.15, 0.2) is 12.1 Å². The van der Waals surface area contributed by atoms with Crippen molar-refractivity contribution in [1.82, 2.24) is 5.32 Å². The molecule has 19 heavy (non-hydrogen) atoms. The van der Waals surface area contributed by atoms with E-state index in [1.165, 1.54) is 17.5 Å². The molecule has 1 unspecified atom stereocenters. The highest BCUT2D eigenvalue weighted by molar-refractivity contribution is 5.50. The SMILES string of the molecule is COc1cc(C(C)(C)C)c(OC)cc1C1CCCN1. The number of hydrogen-bond acceptors (Lipinski definition) is 3. The molecule has 0 saturated carbocycles. The molecule has 0 amide bonds. The van der Waals surface area contributed by atoms with Crippen molar-refractivity contribution in [3.05, 3.63) is 23.3 Å². The fraction of sp³-hybridized carbons (Fsp3) is 0.625. The molecule has 1 heterocycles. The third kappa shape index (κ3) is 2.86. The Morgan fingerprint density at radius 1 is 1.11 bits per heavy atom. The van der Waals surface area contributed by atoms with E-state index in [0.717, 1.165) is 24.5 Å². The fourth-order valence-electron chi connectivity index (χ4n) is 2.73. The Bertz CT molecular complexity index is 443. The van der Waals surface area contributed by atoms with E-state index >= 15 is 0 Å². The first-order valence-corrected chi connectivity index (χ1v) is 6.97. The molecule has 106 valence electrons. The zero-order chi connectivity index (χ0) is 14.0. The number of nitrogens with one attached hydrogen (secondary N) is 1. The lowest BCUT2D eigenvalue weighted by Gasteiger charge is -2.25. The predicted octanol–water partition coefficient (Wildman–Crippen LogP) is 3.43. The fourth-order valence-corrected chi connectivity index (χ4v) is 2.73. The Morgan fingerprint density at radius 3 is 2.26 bits per heavy atom. The van der Waals surface area contributed by atoms with E-state index in [4.69, 9.17) is 9.47 Å². The minimum atomic E-state index is 0.0419. The van der Waals surface area contributed by atoms with E-state index in [9.17, 15) is 0 Å². The summed E-state index contributed by atoms with van der Waals surface area (Å²) in [6.45, 7) is 7.66. The van der Waals surface area contributed by atoms with Crippen LogP contribution in [0, 0.1) is 0 Å². The Labute approximate surface area is 116 Å². The molecule has 1 saturated heterocycles. The Balaban J connectivity index is 2.50. The zero-order valence-electron chi connectivity index (χ0n) is 12.7. The van der Waals surface area contributed by atoms with Gasteiger partial charge in [0.05, 0.1) is 14.2 Å². The standard InChI is InChI=1S/C16H25NO2/c1-16(2,3)12-10-14(18-4)11(9-15(12)19-5)13-7-6-8-17-13/h9-10,13,17H,6-8H2,1-5H3. The normalized spacial score (nSPS) is 19.5. The van der Waals surface area contributed by atoms with Crippen LogP contribution in [0.3, 0.4) is 0 Å². The van der Waals surface area contributed by atoms with Gasteiger partial charge >= 0.3 is 0 Å². The van der Waals surface area contributed by atoms with Crippen molar-refractivity contribution in [2.75, 3.05) is 20.8 Å². The summed E-state index contributed by atoms with van der Waals surface area (Å²) < 4.78 is 11.2. The van der Waals surface area contributed by atoms with Crippen LogP contribution in [0.4, 0.5) is 0 Å². The molecule has 0 aliphatic carbocycles. The van der Waals surface area contributed by atoms with Crippen molar-refractivity contribution < 1.29 is 9.47 Å². The molecule has 3 heteroatoms. The quantitative estimate of drug-likeness (QED) is 0.906. The maximum atomic E-state index is 5.60. The van der Waals surface area contributed by atoms with E-state index in [-0.39, 0.29) is 5.41 Å². The highest BCUT2D eigenvalue weighted by Crippen LogP contribution is 2.40. The minimum Gasteiger partial charge on any atom is -0.496 e. The van der Waals surface area contributed by atoms with Gasteiger partial charge in [-0.05, 0) is 36.9 Å². The van der Waals surface area contributed by atoms with Gasteiger partial charge in [-0.2, -0.15) is 0 Å². The molecular weight excluding hydrogens is 238 g/mol. The topological polar surface area (TPSA) is 30.5 Å². The molecule has 1 aromatic carbocycles. The van der Waals surface area contributed by atoms with Crippen molar-refractivity contribution in [2.24, 2.45) is 0 Å². The summed E-state index contributed by atoms with van der Waals surface area (Å²) in [5.74, 6) is 1.92. The number of methoxy groups -OCH3 is 2. The molecule has 1 aliphatic rings. The maximum Gasteiger partial charge on any atom is 0.124 e. The van der Waals surface area contributed by atoms with Gasteiger partial charge in [-0.3, -0.25) is 0 Å². The molecule has 1 N–H and O–H groups in total. The summed E-state index contributed by atoms with van der Waals surface area (Å²) in [6, 6.07) is 4.66. The molecule has 1 aromatic rings. The molecule has 0 radical (unpaired) electrons. The third-order valence-electron chi connectivity index (χ3n) is 3.80. The van der Waals surface area contributed by atoms with Crippen LogP contribution >= 0.6 is 0 Å². The second-order valence-electron chi connectivity index (χ2n) is 6.19. The second-order valence-corrected chi connectivity index (χ2v) is 6.19. The lowest BCUT2D eigenvalue weighted by molar-refractivity contribution is 0.380. The highest BCUT2D eigenvalue weighted by Gasteiger charge is 2.26. The number of rotatable bonds is 3. The first-order valence-electron chi connectivity index (χ1n) is 6.97. The molecular formula is C16H25NO2. The van der Waals surface area contributed by atoms with Gasteiger partial charge in [0.25, 0.3) is 0 Å². The number of benzene rings is 1. The van der Waals surface area contributed by atoms with E-state index in [1.54, 1.807) is 14.2 Å². The molecule has 0 bridgehead atoms. The summed E-state index contributed by atoms with van der Waals surface area (Å²) in [4.78, 5) is 0. The molecule has 3 nitrogen and oxygen atoms in total. The van der Waals surface area contributed by atoms with Gasteiger partial charge in [0.2, 0.25) is 0 Å². The van der Waals surface area contributed by atoms with E-state index in [1.807, 2.05) is 0 Å². The highest BCUT2D eigenvalue weighted by atomic mass is 16.5. The Morgan fingerprint density at radius 2 is 1.79 bits per heavy atom. The van der Waals surface area contributed by atoms with Gasteiger partial charge in [-0.1, -0.05) is 20.8 Å². The van der Waals surface area contributed by atoms with Crippen molar-refractivity contribution in [3.8, 4) is 11.5 Å². The largest absolute Gasteiger partial charge is 0.496 e. The maximum absolute atomic E-state index is 5.60. The predicted molar refractivity (Wildman–Crippen MR) is 78.2 cm³/mol. The van der Waals surface area contributed by atoms with Crippen LogP contribution in [-0.2, 0) is 5.41 Å². The van der Waals surface area contributed by atoms with E-state index in [0.29, 0.717) is 6.04 Å². The zero-order valence-corrected chi connectivity index (χ0v) is 12.7. The molecule has 1 aliphatic heterocycles. The molecule has 0 spiro atoms. The Kier molecular flexibility index (Phi) is 4.04. The van der Waals surface area contributed by atoms with Crippen molar-refractivity contribution in [1.29, 1.82) is 0 Å². The van der Waals surface area contributed by atoms with E-state index < -0.39 is 0 Å². The average molecular weight is 263 g/mol. The van der Waals surface area contributed by atoms with Gasteiger partial charge < -0.3 is 14.8 Å². The first kappa shape index (κ1) is 14.2. The summed E-state index contributed by atoms with van der Waals surface area (Å²) in [5, 5.41) is 3.52. The molecule has 0 aromatic heterocycles. The average Bonchev–Trinajstić information content (AvgIpc) is 2.89. The van der Waals surface area contributed by atoms with Crippen LogP contribution in [-0.4, -0.2) is 20.8 Å². The van der Waals surface area contributed by atoms with Gasteiger partial charge in [0, 0.05) is 17.2 Å². The van der Waals surface area contributed by atoms with Crippen LogP contribution in [0.2, 0.25) is 0 Å². The molecule has 1 fully saturated rings.